The molecule has 0 unspecified atom stereocenters. The number of allylic oxidation sites excluding steroid dienone is 7. The third-order valence-electron chi connectivity index (χ3n) is 2.04. The molecule has 1 heteroatoms. The zero-order valence-electron chi connectivity index (χ0n) is 8.22. The van der Waals surface area contributed by atoms with Gasteiger partial charge in [-0.05, 0) is 31.4 Å². The van der Waals surface area contributed by atoms with Crippen molar-refractivity contribution in [3.05, 3.63) is 47.6 Å². The molecule has 1 aliphatic rings. The first-order valence-electron chi connectivity index (χ1n) is 4.41. The molecular weight excluding hydrogens is 158 g/mol. The molecule has 0 saturated carbocycles. The molecule has 0 amide bonds. The highest BCUT2D eigenvalue weighted by Crippen LogP contribution is 2.16. The van der Waals surface area contributed by atoms with Crippen LogP contribution in [0.25, 0.3) is 0 Å². The summed E-state index contributed by atoms with van der Waals surface area (Å²) in [5.74, 6) is 0. The van der Waals surface area contributed by atoms with Crippen LogP contribution in [0.1, 0.15) is 20.3 Å². The summed E-state index contributed by atoms with van der Waals surface area (Å²) in [5.41, 5.74) is 3.88. The van der Waals surface area contributed by atoms with E-state index in [1.165, 1.54) is 5.57 Å². The molecule has 68 valence electrons. The van der Waals surface area contributed by atoms with Gasteiger partial charge in [0.15, 0.2) is 0 Å². The highest BCUT2D eigenvalue weighted by Gasteiger charge is 2.00. The van der Waals surface area contributed by atoms with Crippen LogP contribution in [-0.2, 0) is 0 Å². The van der Waals surface area contributed by atoms with Crippen molar-refractivity contribution in [3.63, 3.8) is 0 Å². The summed E-state index contributed by atoms with van der Waals surface area (Å²) in [4.78, 5) is 0. The highest BCUT2D eigenvalue weighted by molar-refractivity contribution is 5.98. The fraction of sp³-hybridized carbons (Fsp3) is 0.250. The number of hydrogen-bond acceptors (Lipinski definition) is 1. The van der Waals surface area contributed by atoms with Gasteiger partial charge in [0.1, 0.15) is 0 Å². The van der Waals surface area contributed by atoms with Gasteiger partial charge in [-0.15, -0.1) is 0 Å². The van der Waals surface area contributed by atoms with Crippen LogP contribution < -0.4 is 0 Å². The lowest BCUT2D eigenvalue weighted by atomic mass is 10.1. The summed E-state index contributed by atoms with van der Waals surface area (Å²) in [6.07, 6.45) is 9.10. The fourth-order valence-corrected chi connectivity index (χ4v) is 1.22. The van der Waals surface area contributed by atoms with Gasteiger partial charge in [0.05, 0.1) is 0 Å². The summed E-state index contributed by atoms with van der Waals surface area (Å²) in [6.45, 7) is 7.70. The maximum Gasteiger partial charge on any atom is 0.0352 e. The molecule has 13 heavy (non-hydrogen) atoms. The second-order valence-electron chi connectivity index (χ2n) is 3.29. The second kappa shape index (κ2) is 4.04. The Hall–Kier alpha value is -1.37. The van der Waals surface area contributed by atoms with Crippen LogP contribution >= 0.6 is 0 Å². The van der Waals surface area contributed by atoms with E-state index in [4.69, 9.17) is 5.41 Å². The zero-order valence-corrected chi connectivity index (χ0v) is 8.22. The second-order valence-corrected chi connectivity index (χ2v) is 3.29. The van der Waals surface area contributed by atoms with Crippen molar-refractivity contribution in [2.75, 3.05) is 0 Å². The van der Waals surface area contributed by atoms with Gasteiger partial charge in [0.2, 0.25) is 0 Å². The Morgan fingerprint density at radius 3 is 2.31 bits per heavy atom. The molecule has 0 aromatic carbocycles. The minimum Gasteiger partial charge on any atom is -0.305 e. The molecule has 0 spiro atoms. The Morgan fingerprint density at radius 1 is 1.23 bits per heavy atom. The van der Waals surface area contributed by atoms with E-state index in [9.17, 15) is 0 Å². The maximum absolute atomic E-state index is 7.49. The van der Waals surface area contributed by atoms with Crippen LogP contribution in [0.2, 0.25) is 0 Å². The molecule has 0 radical (unpaired) electrons. The van der Waals surface area contributed by atoms with Gasteiger partial charge < -0.3 is 5.41 Å². The SMILES string of the molecule is C=C(C)C1=CCC=C(C(C)=N)C=C1. The lowest BCUT2D eigenvalue weighted by Gasteiger charge is -1.97. The first-order chi connectivity index (χ1) is 6.11. The standard InChI is InChI=1S/C12H15N/c1-9(2)11-5-4-6-12(8-7-11)10(3)13/h5-8,13H,1,4H2,2-3H3. The molecule has 1 N–H and O–H groups in total. The van der Waals surface area contributed by atoms with Gasteiger partial charge in [0.25, 0.3) is 0 Å². The van der Waals surface area contributed by atoms with E-state index >= 15 is 0 Å². The van der Waals surface area contributed by atoms with Crippen LogP contribution in [-0.4, -0.2) is 5.71 Å². The molecule has 0 bridgehead atoms. The van der Waals surface area contributed by atoms with Crippen LogP contribution in [0.3, 0.4) is 0 Å². The first-order valence-corrected chi connectivity index (χ1v) is 4.41. The average Bonchev–Trinajstić information content (AvgIpc) is 2.27. The third-order valence-corrected chi connectivity index (χ3v) is 2.04. The average molecular weight is 173 g/mol. The lowest BCUT2D eigenvalue weighted by Crippen LogP contribution is -1.90. The van der Waals surface area contributed by atoms with Crippen molar-refractivity contribution >= 4 is 5.71 Å². The normalized spacial score (nSPS) is 15.8. The van der Waals surface area contributed by atoms with Crippen molar-refractivity contribution in [2.45, 2.75) is 20.3 Å². The maximum atomic E-state index is 7.49. The molecule has 0 fully saturated rings. The molecule has 1 aliphatic carbocycles. The predicted octanol–water partition coefficient (Wildman–Crippen LogP) is 3.41. The minimum absolute atomic E-state index is 0.618. The quantitative estimate of drug-likeness (QED) is 0.619. The Bertz CT molecular complexity index is 295. The summed E-state index contributed by atoms with van der Waals surface area (Å²) in [7, 11) is 0. The first kappa shape index (κ1) is 9.72. The van der Waals surface area contributed by atoms with Crippen LogP contribution in [0.5, 0.6) is 0 Å². The van der Waals surface area contributed by atoms with Crippen molar-refractivity contribution in [3.8, 4) is 0 Å². The topological polar surface area (TPSA) is 23.9 Å². The largest absolute Gasteiger partial charge is 0.305 e. The lowest BCUT2D eigenvalue weighted by molar-refractivity contribution is 1.33. The Kier molecular flexibility index (Phi) is 3.02. The van der Waals surface area contributed by atoms with Gasteiger partial charge >= 0.3 is 0 Å². The molecule has 1 nitrogen and oxygen atoms in total. The van der Waals surface area contributed by atoms with Crippen molar-refractivity contribution < 1.29 is 0 Å². The van der Waals surface area contributed by atoms with E-state index in [1.807, 2.05) is 26.0 Å². The summed E-state index contributed by atoms with van der Waals surface area (Å²) in [5, 5.41) is 7.49. The fourth-order valence-electron chi connectivity index (χ4n) is 1.22. The molecule has 0 heterocycles. The molecule has 0 atom stereocenters. The molecule has 0 saturated heterocycles. The van der Waals surface area contributed by atoms with Gasteiger partial charge in [0, 0.05) is 5.71 Å². The van der Waals surface area contributed by atoms with Crippen molar-refractivity contribution in [1.82, 2.24) is 0 Å². The Balaban J connectivity index is 2.86. The molecule has 0 aliphatic heterocycles. The van der Waals surface area contributed by atoms with E-state index in [0.717, 1.165) is 17.6 Å². The summed E-state index contributed by atoms with van der Waals surface area (Å²) >= 11 is 0. The molecule has 0 aromatic heterocycles. The van der Waals surface area contributed by atoms with Gasteiger partial charge in [-0.2, -0.15) is 0 Å². The van der Waals surface area contributed by atoms with E-state index in [0.29, 0.717) is 5.71 Å². The number of rotatable bonds is 2. The Labute approximate surface area is 79.7 Å². The van der Waals surface area contributed by atoms with Crippen LogP contribution in [0, 0.1) is 5.41 Å². The minimum atomic E-state index is 0.618. The molecular formula is C12H15N. The van der Waals surface area contributed by atoms with E-state index in [-0.39, 0.29) is 0 Å². The van der Waals surface area contributed by atoms with Crippen LogP contribution in [0.15, 0.2) is 47.6 Å². The third kappa shape index (κ3) is 2.55. The monoisotopic (exact) mass is 173 g/mol. The summed E-state index contributed by atoms with van der Waals surface area (Å²) in [6, 6.07) is 0. The van der Waals surface area contributed by atoms with Crippen molar-refractivity contribution in [1.29, 1.82) is 5.41 Å². The van der Waals surface area contributed by atoms with Gasteiger partial charge in [-0.25, -0.2) is 0 Å². The Morgan fingerprint density at radius 2 is 1.77 bits per heavy atom. The van der Waals surface area contributed by atoms with E-state index in [2.05, 4.69) is 18.7 Å². The molecule has 0 aromatic rings. The smallest absolute Gasteiger partial charge is 0.0352 e. The van der Waals surface area contributed by atoms with E-state index in [1.54, 1.807) is 0 Å². The highest BCUT2D eigenvalue weighted by atomic mass is 14.4. The van der Waals surface area contributed by atoms with Crippen molar-refractivity contribution in [2.24, 2.45) is 0 Å². The molecule has 1 rings (SSSR count). The zero-order chi connectivity index (χ0) is 9.84. The van der Waals surface area contributed by atoms with Gasteiger partial charge in [-0.1, -0.05) is 36.5 Å². The number of hydrogen-bond donors (Lipinski definition) is 1. The van der Waals surface area contributed by atoms with Gasteiger partial charge in [-0.3, -0.25) is 0 Å². The number of nitrogens with one attached hydrogen (secondary N) is 1. The summed E-state index contributed by atoms with van der Waals surface area (Å²) < 4.78 is 0. The van der Waals surface area contributed by atoms with Crippen LogP contribution in [0.4, 0.5) is 0 Å². The predicted molar refractivity (Wildman–Crippen MR) is 58.1 cm³/mol. The van der Waals surface area contributed by atoms with E-state index < -0.39 is 0 Å².